The van der Waals surface area contributed by atoms with Gasteiger partial charge in [-0.1, -0.05) is 6.92 Å². The highest BCUT2D eigenvalue weighted by Gasteiger charge is 2.29. The maximum Gasteiger partial charge on any atom is 0.192 e. The lowest BCUT2D eigenvalue weighted by molar-refractivity contribution is -0.251. The van der Waals surface area contributed by atoms with Gasteiger partial charge in [-0.05, 0) is 50.5 Å². The zero-order valence-corrected chi connectivity index (χ0v) is 17.4. The van der Waals surface area contributed by atoms with Gasteiger partial charge in [0.2, 0.25) is 0 Å². The first-order valence-electron chi connectivity index (χ1n) is 10.0. The Balaban J connectivity index is 1.49. The number of hydrogen-bond donors (Lipinski definition) is 1. The van der Waals surface area contributed by atoms with E-state index in [-0.39, 0.29) is 36.4 Å². The zero-order chi connectivity index (χ0) is 20.1. The molecule has 2 saturated heterocycles. The Labute approximate surface area is 167 Å². The molecule has 3 rings (SSSR count). The number of ether oxygens (including phenoxy) is 3. The molecule has 1 aromatic carbocycles. The maximum atomic E-state index is 11.6. The van der Waals surface area contributed by atoms with Crippen molar-refractivity contribution in [2.45, 2.75) is 57.7 Å². The highest BCUT2D eigenvalue weighted by Crippen LogP contribution is 2.25. The molecule has 2 fully saturated rings. The number of nitrogens with zero attached hydrogens (tertiary/aromatic N) is 1. The maximum absolute atomic E-state index is 11.6. The summed E-state index contributed by atoms with van der Waals surface area (Å²) in [5.74, 6) is 1.12. The summed E-state index contributed by atoms with van der Waals surface area (Å²) in [7, 11) is -2.88. The van der Waals surface area contributed by atoms with Crippen molar-refractivity contribution in [1.82, 2.24) is 0 Å². The zero-order valence-electron chi connectivity index (χ0n) is 16.6. The van der Waals surface area contributed by atoms with Crippen LogP contribution in [0.25, 0.3) is 0 Å². The van der Waals surface area contributed by atoms with Gasteiger partial charge in [0.25, 0.3) is 0 Å². The minimum atomic E-state index is -2.88. The molecule has 4 unspecified atom stereocenters. The highest BCUT2D eigenvalue weighted by molar-refractivity contribution is 7.91. The number of aliphatic hydroxyl groups excluding tert-OH is 1. The Morgan fingerprint density at radius 2 is 1.89 bits per heavy atom. The number of hydrogen-bond acceptors (Lipinski definition) is 7. The van der Waals surface area contributed by atoms with Crippen LogP contribution in [0.15, 0.2) is 24.3 Å². The van der Waals surface area contributed by atoms with Crippen molar-refractivity contribution in [2.75, 3.05) is 36.1 Å². The van der Waals surface area contributed by atoms with E-state index >= 15 is 0 Å². The van der Waals surface area contributed by atoms with E-state index in [2.05, 4.69) is 4.90 Å². The average Bonchev–Trinajstić information content (AvgIpc) is 2.66. The summed E-state index contributed by atoms with van der Waals surface area (Å²) in [5, 5.41) is 9.86. The van der Waals surface area contributed by atoms with Gasteiger partial charge in [0.05, 0.1) is 29.8 Å². The largest absolute Gasteiger partial charge is 0.488 e. The number of benzene rings is 1. The number of aliphatic hydroxyl groups is 1. The molecule has 4 atom stereocenters. The molecule has 0 bridgehead atoms. The second kappa shape index (κ2) is 9.43. The minimum Gasteiger partial charge on any atom is -0.488 e. The molecule has 0 radical (unpaired) electrons. The molecule has 28 heavy (non-hydrogen) atoms. The van der Waals surface area contributed by atoms with Crippen LogP contribution in [0.4, 0.5) is 5.69 Å². The summed E-state index contributed by atoms with van der Waals surface area (Å²) < 4.78 is 40.6. The molecule has 2 aliphatic heterocycles. The molecular formula is C20H31NO6S. The van der Waals surface area contributed by atoms with E-state index in [0.717, 1.165) is 12.1 Å². The molecule has 1 N–H and O–H groups in total. The van der Waals surface area contributed by atoms with Crippen LogP contribution in [0.1, 0.15) is 33.1 Å². The van der Waals surface area contributed by atoms with Crippen LogP contribution in [0, 0.1) is 0 Å². The third-order valence-corrected chi connectivity index (χ3v) is 6.87. The smallest absolute Gasteiger partial charge is 0.192 e. The van der Waals surface area contributed by atoms with E-state index in [1.54, 1.807) is 0 Å². The second-order valence-electron chi connectivity index (χ2n) is 7.61. The first-order chi connectivity index (χ1) is 13.3. The van der Waals surface area contributed by atoms with E-state index in [0.29, 0.717) is 31.7 Å². The lowest BCUT2D eigenvalue weighted by Crippen LogP contribution is -2.41. The fraction of sp³-hybridized carbons (Fsp3) is 0.700. The molecule has 0 spiro atoms. The van der Waals surface area contributed by atoms with Crippen molar-refractivity contribution in [2.24, 2.45) is 0 Å². The van der Waals surface area contributed by atoms with Gasteiger partial charge in [-0.2, -0.15) is 0 Å². The van der Waals surface area contributed by atoms with Gasteiger partial charge in [-0.15, -0.1) is 0 Å². The standard InChI is InChI=1S/C20H31NO6S/c1-3-17(22)13-19-12-15(2)26-20(27-19)14-25-18-6-4-16(5-7-18)21-8-10-28(23,24)11-9-21/h4-7,15,17,19-20,22H,3,8-14H2,1-2H3. The van der Waals surface area contributed by atoms with E-state index in [1.807, 2.05) is 38.1 Å². The summed E-state index contributed by atoms with van der Waals surface area (Å²) in [5.41, 5.74) is 0.995. The number of rotatable bonds is 7. The fourth-order valence-corrected chi connectivity index (χ4v) is 4.78. The highest BCUT2D eigenvalue weighted by atomic mass is 32.2. The Hall–Kier alpha value is -1.35. The van der Waals surface area contributed by atoms with Gasteiger partial charge in [0, 0.05) is 18.8 Å². The summed E-state index contributed by atoms with van der Waals surface area (Å²) in [6.45, 7) is 5.30. The van der Waals surface area contributed by atoms with Gasteiger partial charge in [0.15, 0.2) is 16.1 Å². The van der Waals surface area contributed by atoms with Crippen molar-refractivity contribution >= 4 is 15.5 Å². The Morgan fingerprint density at radius 3 is 2.54 bits per heavy atom. The van der Waals surface area contributed by atoms with Crippen molar-refractivity contribution < 1.29 is 27.7 Å². The van der Waals surface area contributed by atoms with Crippen LogP contribution in [0.3, 0.4) is 0 Å². The molecule has 0 aromatic heterocycles. The van der Waals surface area contributed by atoms with Crippen molar-refractivity contribution in [1.29, 1.82) is 0 Å². The van der Waals surface area contributed by atoms with Gasteiger partial charge < -0.3 is 24.2 Å². The van der Waals surface area contributed by atoms with Crippen LogP contribution in [0.5, 0.6) is 5.75 Å². The predicted molar refractivity (Wildman–Crippen MR) is 108 cm³/mol. The quantitative estimate of drug-likeness (QED) is 0.732. The van der Waals surface area contributed by atoms with Gasteiger partial charge >= 0.3 is 0 Å². The van der Waals surface area contributed by atoms with Gasteiger partial charge in [0.1, 0.15) is 12.4 Å². The molecule has 158 valence electrons. The molecule has 2 aliphatic rings. The monoisotopic (exact) mass is 413 g/mol. The minimum absolute atomic E-state index is 0.0231. The van der Waals surface area contributed by atoms with Crippen molar-refractivity contribution in [3.05, 3.63) is 24.3 Å². The second-order valence-corrected chi connectivity index (χ2v) is 9.92. The van der Waals surface area contributed by atoms with Crippen molar-refractivity contribution in [3.63, 3.8) is 0 Å². The van der Waals surface area contributed by atoms with Crippen LogP contribution < -0.4 is 9.64 Å². The summed E-state index contributed by atoms with van der Waals surface area (Å²) >= 11 is 0. The van der Waals surface area contributed by atoms with E-state index in [9.17, 15) is 13.5 Å². The SMILES string of the molecule is CCC(O)CC1CC(C)OC(COc2ccc(N3CCS(=O)(=O)CC3)cc2)O1. The van der Waals surface area contributed by atoms with Crippen LogP contribution >= 0.6 is 0 Å². The average molecular weight is 414 g/mol. The van der Waals surface area contributed by atoms with E-state index < -0.39 is 16.1 Å². The normalized spacial score (nSPS) is 28.7. The Kier molecular flexibility index (Phi) is 7.20. The first kappa shape index (κ1) is 21.4. The molecule has 7 nitrogen and oxygen atoms in total. The van der Waals surface area contributed by atoms with E-state index in [4.69, 9.17) is 14.2 Å². The number of anilines is 1. The van der Waals surface area contributed by atoms with Gasteiger partial charge in [-0.3, -0.25) is 0 Å². The van der Waals surface area contributed by atoms with Crippen LogP contribution in [0.2, 0.25) is 0 Å². The topological polar surface area (TPSA) is 85.3 Å². The number of sulfone groups is 1. The molecule has 1 aromatic rings. The lowest BCUT2D eigenvalue weighted by Gasteiger charge is -2.35. The molecule has 0 saturated carbocycles. The van der Waals surface area contributed by atoms with Crippen LogP contribution in [-0.2, 0) is 19.3 Å². The predicted octanol–water partition coefficient (Wildman–Crippen LogP) is 1.98. The fourth-order valence-electron chi connectivity index (χ4n) is 3.58. The van der Waals surface area contributed by atoms with Crippen LogP contribution in [-0.4, -0.2) is 69.3 Å². The van der Waals surface area contributed by atoms with E-state index in [1.165, 1.54) is 0 Å². The molecule has 0 aliphatic carbocycles. The third kappa shape index (κ3) is 6.07. The molecule has 2 heterocycles. The summed E-state index contributed by atoms with van der Waals surface area (Å²) in [6.07, 6.45) is 1.33. The molecule has 0 amide bonds. The van der Waals surface area contributed by atoms with Crippen molar-refractivity contribution in [3.8, 4) is 5.75 Å². The van der Waals surface area contributed by atoms with Gasteiger partial charge in [-0.25, -0.2) is 8.42 Å². The summed E-state index contributed by atoms with van der Waals surface area (Å²) in [4.78, 5) is 2.07. The Morgan fingerprint density at radius 1 is 1.21 bits per heavy atom. The third-order valence-electron chi connectivity index (χ3n) is 5.26. The molecular weight excluding hydrogens is 382 g/mol. The Bertz CT molecular complexity index is 709. The first-order valence-corrected chi connectivity index (χ1v) is 11.8. The summed E-state index contributed by atoms with van der Waals surface area (Å²) in [6, 6.07) is 7.64. The molecule has 8 heteroatoms. The lowest BCUT2D eigenvalue weighted by atomic mass is 10.0.